The summed E-state index contributed by atoms with van der Waals surface area (Å²) in [6.45, 7) is 4.10. The van der Waals surface area contributed by atoms with Crippen LogP contribution in [-0.2, 0) is 13.2 Å². The Labute approximate surface area is 202 Å². The van der Waals surface area contributed by atoms with Crippen LogP contribution in [0.3, 0.4) is 0 Å². The Kier molecular flexibility index (Phi) is 6.06. The molecule has 0 saturated carbocycles. The molecule has 0 spiro atoms. The third kappa shape index (κ3) is 4.66. The van der Waals surface area contributed by atoms with E-state index >= 15 is 0 Å². The van der Waals surface area contributed by atoms with Crippen LogP contribution in [0.1, 0.15) is 33.3 Å². The molecule has 176 valence electrons. The molecule has 0 aliphatic carbocycles. The number of aromatic nitrogens is 2. The predicted molar refractivity (Wildman–Crippen MR) is 132 cm³/mol. The third-order valence-electron chi connectivity index (χ3n) is 5.90. The van der Waals surface area contributed by atoms with E-state index < -0.39 is 5.91 Å². The van der Waals surface area contributed by atoms with E-state index in [1.165, 1.54) is 6.07 Å². The van der Waals surface area contributed by atoms with Gasteiger partial charge in [-0.1, -0.05) is 54.6 Å². The SMILES string of the molecule is Cc1nn(Cc2ccccc2F)c(C)c1NC(=O)c1ccc(COc2cccc3ccccc23)o1. The number of amides is 1. The van der Waals surface area contributed by atoms with E-state index in [0.29, 0.717) is 22.7 Å². The highest BCUT2D eigenvalue weighted by molar-refractivity contribution is 6.03. The smallest absolute Gasteiger partial charge is 0.291 e. The minimum absolute atomic E-state index is 0.169. The molecule has 2 aromatic heterocycles. The second kappa shape index (κ2) is 9.46. The topological polar surface area (TPSA) is 69.3 Å². The lowest BCUT2D eigenvalue weighted by molar-refractivity contribution is 0.0992. The number of aryl methyl sites for hydroxylation is 1. The Bertz CT molecular complexity index is 1510. The number of hydrogen-bond donors (Lipinski definition) is 1. The predicted octanol–water partition coefficient (Wildman–Crippen LogP) is 6.26. The molecule has 0 aliphatic heterocycles. The summed E-state index contributed by atoms with van der Waals surface area (Å²) in [6.07, 6.45) is 0. The van der Waals surface area contributed by atoms with E-state index in [9.17, 15) is 9.18 Å². The Morgan fingerprint density at radius 3 is 2.63 bits per heavy atom. The number of fused-ring (bicyclic) bond motifs is 1. The van der Waals surface area contributed by atoms with Crippen LogP contribution in [0, 0.1) is 19.7 Å². The van der Waals surface area contributed by atoms with Gasteiger partial charge in [0.2, 0.25) is 0 Å². The molecule has 1 N–H and O–H groups in total. The van der Waals surface area contributed by atoms with Crippen LogP contribution in [0.25, 0.3) is 10.8 Å². The maximum atomic E-state index is 14.1. The lowest BCUT2D eigenvalue weighted by Crippen LogP contribution is -2.12. The van der Waals surface area contributed by atoms with E-state index in [1.807, 2.05) is 49.4 Å². The van der Waals surface area contributed by atoms with Gasteiger partial charge in [0, 0.05) is 10.9 Å². The number of ether oxygens (including phenoxy) is 1. The third-order valence-corrected chi connectivity index (χ3v) is 5.90. The van der Waals surface area contributed by atoms with Crippen LogP contribution < -0.4 is 10.1 Å². The number of furan rings is 1. The maximum Gasteiger partial charge on any atom is 0.291 e. The van der Waals surface area contributed by atoms with Crippen molar-refractivity contribution in [1.82, 2.24) is 9.78 Å². The highest BCUT2D eigenvalue weighted by atomic mass is 19.1. The Morgan fingerprint density at radius 2 is 1.77 bits per heavy atom. The van der Waals surface area contributed by atoms with Gasteiger partial charge >= 0.3 is 0 Å². The fraction of sp³-hybridized carbons (Fsp3) is 0.143. The highest BCUT2D eigenvalue weighted by Gasteiger charge is 2.18. The monoisotopic (exact) mass is 469 g/mol. The quantitative estimate of drug-likeness (QED) is 0.305. The van der Waals surface area contributed by atoms with Gasteiger partial charge in [-0.05, 0) is 43.5 Å². The zero-order valence-corrected chi connectivity index (χ0v) is 19.4. The molecule has 3 aromatic carbocycles. The minimum Gasteiger partial charge on any atom is -0.485 e. The van der Waals surface area contributed by atoms with Gasteiger partial charge in [-0.2, -0.15) is 5.10 Å². The fourth-order valence-electron chi connectivity index (χ4n) is 4.04. The van der Waals surface area contributed by atoms with Crippen LogP contribution in [0.4, 0.5) is 10.1 Å². The fourth-order valence-corrected chi connectivity index (χ4v) is 4.04. The number of halogens is 1. The molecule has 6 nitrogen and oxygen atoms in total. The van der Waals surface area contributed by atoms with Gasteiger partial charge in [0.1, 0.15) is 23.9 Å². The molecule has 1 amide bonds. The van der Waals surface area contributed by atoms with Crippen LogP contribution in [0.15, 0.2) is 83.3 Å². The maximum absolute atomic E-state index is 14.1. The van der Waals surface area contributed by atoms with Crippen LogP contribution in [0.5, 0.6) is 5.75 Å². The van der Waals surface area contributed by atoms with Gasteiger partial charge in [0.15, 0.2) is 5.76 Å². The Morgan fingerprint density at radius 1 is 1.00 bits per heavy atom. The van der Waals surface area contributed by atoms with Crippen LogP contribution in [0.2, 0.25) is 0 Å². The molecule has 0 aliphatic rings. The van der Waals surface area contributed by atoms with Gasteiger partial charge < -0.3 is 14.5 Å². The van der Waals surface area contributed by atoms with Crippen molar-refractivity contribution in [3.63, 3.8) is 0 Å². The van der Waals surface area contributed by atoms with E-state index in [-0.39, 0.29) is 24.7 Å². The molecule has 0 bridgehead atoms. The summed E-state index contributed by atoms with van der Waals surface area (Å²) in [7, 11) is 0. The molecule has 2 heterocycles. The first-order valence-corrected chi connectivity index (χ1v) is 11.3. The van der Waals surface area contributed by atoms with Crippen LogP contribution >= 0.6 is 0 Å². The number of carbonyl (C=O) groups excluding carboxylic acids is 1. The first-order valence-electron chi connectivity index (χ1n) is 11.3. The van der Waals surface area contributed by atoms with Gasteiger partial charge in [0.05, 0.1) is 23.6 Å². The summed E-state index contributed by atoms with van der Waals surface area (Å²) in [5.74, 6) is 0.769. The highest BCUT2D eigenvalue weighted by Crippen LogP contribution is 2.27. The second-order valence-corrected chi connectivity index (χ2v) is 8.28. The van der Waals surface area contributed by atoms with E-state index in [1.54, 1.807) is 41.9 Å². The molecular weight excluding hydrogens is 445 g/mol. The van der Waals surface area contributed by atoms with Crippen molar-refractivity contribution in [2.45, 2.75) is 27.0 Å². The van der Waals surface area contributed by atoms with Crippen LogP contribution in [-0.4, -0.2) is 15.7 Å². The lowest BCUT2D eigenvalue weighted by atomic mass is 10.1. The van der Waals surface area contributed by atoms with Crippen molar-refractivity contribution in [3.05, 3.63) is 113 Å². The molecule has 5 aromatic rings. The summed E-state index contributed by atoms with van der Waals surface area (Å²) < 4.78 is 27.4. The molecule has 0 fully saturated rings. The van der Waals surface area contributed by atoms with E-state index in [2.05, 4.69) is 10.4 Å². The number of nitrogens with one attached hydrogen (secondary N) is 1. The summed E-state index contributed by atoms with van der Waals surface area (Å²) >= 11 is 0. The van der Waals surface area contributed by atoms with Crippen molar-refractivity contribution in [2.24, 2.45) is 0 Å². The minimum atomic E-state index is -0.391. The molecule has 5 rings (SSSR count). The second-order valence-electron chi connectivity index (χ2n) is 8.28. The van der Waals surface area contributed by atoms with Gasteiger partial charge in [-0.15, -0.1) is 0 Å². The summed E-state index contributed by atoms with van der Waals surface area (Å²) in [5.41, 5.74) is 2.47. The standard InChI is InChI=1S/C28H24FN3O3/c1-18-27(19(2)32(31-18)16-21-9-4-6-12-24(21)29)30-28(33)26-15-14-22(35-26)17-34-25-13-7-10-20-8-3-5-11-23(20)25/h3-15H,16-17H2,1-2H3,(H,30,33). The molecule has 0 atom stereocenters. The number of anilines is 1. The number of carbonyl (C=O) groups is 1. The Balaban J connectivity index is 1.27. The van der Waals surface area contributed by atoms with Crippen molar-refractivity contribution in [3.8, 4) is 5.75 Å². The number of benzene rings is 3. The molecule has 0 unspecified atom stereocenters. The summed E-state index contributed by atoms with van der Waals surface area (Å²) in [4.78, 5) is 12.9. The van der Waals surface area contributed by atoms with E-state index in [4.69, 9.17) is 9.15 Å². The van der Waals surface area contributed by atoms with Crippen molar-refractivity contribution in [2.75, 3.05) is 5.32 Å². The average Bonchev–Trinajstić information content (AvgIpc) is 3.44. The zero-order valence-electron chi connectivity index (χ0n) is 19.4. The molecule has 7 heteroatoms. The number of nitrogens with zero attached hydrogens (tertiary/aromatic N) is 2. The van der Waals surface area contributed by atoms with Gasteiger partial charge in [0.25, 0.3) is 5.91 Å². The summed E-state index contributed by atoms with van der Waals surface area (Å²) in [6, 6.07) is 23.8. The van der Waals surface area contributed by atoms with Gasteiger partial charge in [-0.25, -0.2) is 4.39 Å². The number of hydrogen-bond acceptors (Lipinski definition) is 4. The summed E-state index contributed by atoms with van der Waals surface area (Å²) in [5, 5.41) is 9.45. The molecule has 0 radical (unpaired) electrons. The molecule has 35 heavy (non-hydrogen) atoms. The largest absolute Gasteiger partial charge is 0.485 e. The number of rotatable bonds is 7. The van der Waals surface area contributed by atoms with Crippen molar-refractivity contribution in [1.29, 1.82) is 0 Å². The van der Waals surface area contributed by atoms with Crippen molar-refractivity contribution < 1.29 is 18.3 Å². The molecular formula is C28H24FN3O3. The van der Waals surface area contributed by atoms with E-state index in [0.717, 1.165) is 22.2 Å². The Hall–Kier alpha value is -4.39. The average molecular weight is 470 g/mol. The molecule has 0 saturated heterocycles. The normalized spacial score (nSPS) is 11.1. The first kappa shape index (κ1) is 22.4. The zero-order chi connectivity index (χ0) is 24.4. The first-order chi connectivity index (χ1) is 17.0. The van der Waals surface area contributed by atoms with Crippen molar-refractivity contribution >= 4 is 22.4 Å². The lowest BCUT2D eigenvalue weighted by Gasteiger charge is -2.08. The van der Waals surface area contributed by atoms with Gasteiger partial charge in [-0.3, -0.25) is 9.48 Å².